The molecule has 0 saturated carbocycles. The molecule has 0 spiro atoms. The van der Waals surface area contributed by atoms with E-state index in [4.69, 9.17) is 9.15 Å². The van der Waals surface area contributed by atoms with E-state index in [9.17, 15) is 4.79 Å². The first kappa shape index (κ1) is 17.3. The van der Waals surface area contributed by atoms with Gasteiger partial charge in [-0.25, -0.2) is 4.98 Å². The third-order valence-electron chi connectivity index (χ3n) is 4.73. The molecule has 1 aliphatic heterocycles. The second kappa shape index (κ2) is 7.63. The summed E-state index contributed by atoms with van der Waals surface area (Å²) in [5.74, 6) is 0.240. The van der Waals surface area contributed by atoms with Crippen LogP contribution in [0.25, 0.3) is 11.3 Å². The quantitative estimate of drug-likeness (QED) is 0.746. The zero-order valence-corrected chi connectivity index (χ0v) is 15.1. The maximum atomic E-state index is 12.4. The van der Waals surface area contributed by atoms with Crippen molar-refractivity contribution in [2.24, 2.45) is 0 Å². The molecule has 3 aromatic rings. The molecule has 1 aliphatic rings. The van der Waals surface area contributed by atoms with E-state index in [0.717, 1.165) is 30.8 Å². The highest BCUT2D eigenvalue weighted by molar-refractivity contribution is 6.01. The summed E-state index contributed by atoms with van der Waals surface area (Å²) in [5, 5.41) is 2.82. The Morgan fingerprint density at radius 1 is 1.19 bits per heavy atom. The molecule has 2 aromatic carbocycles. The molecule has 6 nitrogen and oxygen atoms in total. The van der Waals surface area contributed by atoms with Crippen LogP contribution in [0.1, 0.15) is 17.1 Å². The molecule has 6 heteroatoms. The molecule has 1 atom stereocenters. The monoisotopic (exact) mass is 363 g/mol. The van der Waals surface area contributed by atoms with Gasteiger partial charge in [0.2, 0.25) is 0 Å². The second-order valence-electron chi connectivity index (χ2n) is 6.49. The number of oxazole rings is 1. The van der Waals surface area contributed by atoms with Crippen molar-refractivity contribution < 1.29 is 13.9 Å². The highest BCUT2D eigenvalue weighted by Gasteiger charge is 2.22. The van der Waals surface area contributed by atoms with Crippen molar-refractivity contribution in [3.05, 3.63) is 66.7 Å². The van der Waals surface area contributed by atoms with Crippen LogP contribution in [0.4, 0.5) is 11.4 Å². The van der Waals surface area contributed by atoms with Gasteiger partial charge in [-0.2, -0.15) is 0 Å². The summed E-state index contributed by atoms with van der Waals surface area (Å²) in [5.41, 5.74) is 2.70. The topological polar surface area (TPSA) is 67.6 Å². The van der Waals surface area contributed by atoms with E-state index in [2.05, 4.69) is 15.2 Å². The predicted molar refractivity (Wildman–Crippen MR) is 104 cm³/mol. The number of aromatic nitrogens is 1. The summed E-state index contributed by atoms with van der Waals surface area (Å²) in [6.07, 6.45) is 2.88. The Kier molecular flexibility index (Phi) is 4.89. The van der Waals surface area contributed by atoms with Crippen LogP contribution in [0.15, 0.2) is 65.2 Å². The minimum atomic E-state index is -0.370. The van der Waals surface area contributed by atoms with E-state index in [1.165, 1.54) is 0 Å². The van der Waals surface area contributed by atoms with E-state index in [-0.39, 0.29) is 17.9 Å². The zero-order valence-electron chi connectivity index (χ0n) is 15.1. The Balaban J connectivity index is 1.41. The molecule has 1 amide bonds. The molecule has 4 rings (SSSR count). The van der Waals surface area contributed by atoms with E-state index in [0.29, 0.717) is 11.4 Å². The number of hydrogen-bond donors (Lipinski definition) is 1. The number of ether oxygens (including phenoxy) is 1. The van der Waals surface area contributed by atoms with Gasteiger partial charge >= 0.3 is 5.91 Å². The number of methoxy groups -OCH3 is 1. The standard InChI is InChI=1S/C21H21N3O3/c1-26-18-11-12-24(14-18)17-9-7-16(8-10-17)23-20(25)21-22-13-19(27-21)15-5-3-2-4-6-15/h2-10,13,18H,11-12,14H2,1H3,(H,23,25). The van der Waals surface area contributed by atoms with Crippen molar-refractivity contribution in [1.82, 2.24) is 4.98 Å². The van der Waals surface area contributed by atoms with E-state index in [1.807, 2.05) is 54.6 Å². The van der Waals surface area contributed by atoms with Gasteiger partial charge in [0.05, 0.1) is 12.3 Å². The number of nitrogens with zero attached hydrogens (tertiary/aromatic N) is 2. The van der Waals surface area contributed by atoms with Gasteiger partial charge in [0.15, 0.2) is 5.76 Å². The van der Waals surface area contributed by atoms with Gasteiger partial charge in [-0.15, -0.1) is 0 Å². The minimum Gasteiger partial charge on any atom is -0.432 e. The lowest BCUT2D eigenvalue weighted by molar-refractivity contribution is 0.0991. The average Bonchev–Trinajstić information content (AvgIpc) is 3.39. The number of nitrogens with one attached hydrogen (secondary N) is 1. The summed E-state index contributed by atoms with van der Waals surface area (Å²) >= 11 is 0. The highest BCUT2D eigenvalue weighted by Crippen LogP contribution is 2.24. The maximum Gasteiger partial charge on any atom is 0.311 e. The van der Waals surface area contributed by atoms with Crippen LogP contribution >= 0.6 is 0 Å². The number of amides is 1. The van der Waals surface area contributed by atoms with Crippen molar-refractivity contribution in [2.75, 3.05) is 30.4 Å². The molecule has 1 N–H and O–H groups in total. The molecule has 1 saturated heterocycles. The summed E-state index contributed by atoms with van der Waals surface area (Å²) in [7, 11) is 1.75. The van der Waals surface area contributed by atoms with E-state index in [1.54, 1.807) is 13.3 Å². The lowest BCUT2D eigenvalue weighted by atomic mass is 10.2. The van der Waals surface area contributed by atoms with Crippen LogP contribution in [-0.2, 0) is 4.74 Å². The van der Waals surface area contributed by atoms with Gasteiger partial charge in [0.1, 0.15) is 0 Å². The lowest BCUT2D eigenvalue weighted by Crippen LogP contribution is -2.22. The SMILES string of the molecule is COC1CCN(c2ccc(NC(=O)c3ncc(-c4ccccc4)o3)cc2)C1. The predicted octanol–water partition coefficient (Wildman–Crippen LogP) is 3.82. The molecule has 27 heavy (non-hydrogen) atoms. The van der Waals surface area contributed by atoms with Crippen molar-refractivity contribution >= 4 is 17.3 Å². The smallest absolute Gasteiger partial charge is 0.311 e. The molecule has 0 bridgehead atoms. The molecular formula is C21H21N3O3. The van der Waals surface area contributed by atoms with Crippen molar-refractivity contribution in [3.8, 4) is 11.3 Å². The fraction of sp³-hybridized carbons (Fsp3) is 0.238. The number of hydrogen-bond acceptors (Lipinski definition) is 5. The van der Waals surface area contributed by atoms with Crippen LogP contribution in [0.5, 0.6) is 0 Å². The van der Waals surface area contributed by atoms with Crippen LogP contribution in [0.2, 0.25) is 0 Å². The Morgan fingerprint density at radius 3 is 2.67 bits per heavy atom. The molecule has 1 unspecified atom stereocenters. The zero-order chi connectivity index (χ0) is 18.6. The molecule has 0 aliphatic carbocycles. The van der Waals surface area contributed by atoms with Crippen molar-refractivity contribution in [2.45, 2.75) is 12.5 Å². The third-order valence-corrected chi connectivity index (χ3v) is 4.73. The first-order valence-electron chi connectivity index (χ1n) is 8.93. The molecule has 1 fully saturated rings. The van der Waals surface area contributed by atoms with Crippen LogP contribution in [-0.4, -0.2) is 37.2 Å². The summed E-state index contributed by atoms with van der Waals surface area (Å²) in [6.45, 7) is 1.86. The normalized spacial score (nSPS) is 16.5. The van der Waals surface area contributed by atoms with Gasteiger partial charge in [0, 0.05) is 37.1 Å². The number of benzene rings is 2. The van der Waals surface area contributed by atoms with Crippen LogP contribution in [0.3, 0.4) is 0 Å². The summed E-state index contributed by atoms with van der Waals surface area (Å²) < 4.78 is 11.0. The maximum absolute atomic E-state index is 12.4. The Labute approximate surface area is 157 Å². The fourth-order valence-corrected chi connectivity index (χ4v) is 3.21. The van der Waals surface area contributed by atoms with Crippen LogP contribution in [0, 0.1) is 0 Å². The Hall–Kier alpha value is -3.12. The molecule has 2 heterocycles. The Bertz CT molecular complexity index is 906. The first-order valence-corrected chi connectivity index (χ1v) is 8.93. The molecule has 0 radical (unpaired) electrons. The van der Waals surface area contributed by atoms with Gasteiger partial charge in [-0.3, -0.25) is 4.79 Å². The lowest BCUT2D eigenvalue weighted by Gasteiger charge is -2.18. The molecular weight excluding hydrogens is 342 g/mol. The number of rotatable bonds is 5. The number of carbonyl (C=O) groups is 1. The molecule has 138 valence electrons. The van der Waals surface area contributed by atoms with Gasteiger partial charge < -0.3 is 19.4 Å². The minimum absolute atomic E-state index is 0.0420. The average molecular weight is 363 g/mol. The third kappa shape index (κ3) is 3.85. The largest absolute Gasteiger partial charge is 0.432 e. The van der Waals surface area contributed by atoms with Crippen molar-refractivity contribution in [1.29, 1.82) is 0 Å². The number of anilines is 2. The van der Waals surface area contributed by atoms with E-state index >= 15 is 0 Å². The fourth-order valence-electron chi connectivity index (χ4n) is 3.21. The molecule has 1 aromatic heterocycles. The van der Waals surface area contributed by atoms with Crippen LogP contribution < -0.4 is 10.2 Å². The highest BCUT2D eigenvalue weighted by atomic mass is 16.5. The van der Waals surface area contributed by atoms with Gasteiger partial charge in [0.25, 0.3) is 5.89 Å². The summed E-state index contributed by atoms with van der Waals surface area (Å²) in [4.78, 5) is 18.8. The van der Waals surface area contributed by atoms with Gasteiger partial charge in [-0.05, 0) is 30.7 Å². The number of carbonyl (C=O) groups excluding carboxylic acids is 1. The van der Waals surface area contributed by atoms with E-state index < -0.39 is 0 Å². The Morgan fingerprint density at radius 2 is 1.96 bits per heavy atom. The second-order valence-corrected chi connectivity index (χ2v) is 6.49. The summed E-state index contributed by atoms with van der Waals surface area (Å²) in [6, 6.07) is 17.3. The first-order chi connectivity index (χ1) is 13.2. The van der Waals surface area contributed by atoms with Gasteiger partial charge in [-0.1, -0.05) is 30.3 Å². The van der Waals surface area contributed by atoms with Crippen molar-refractivity contribution in [3.63, 3.8) is 0 Å².